The van der Waals surface area contributed by atoms with Crippen LogP contribution in [0.4, 0.5) is 0 Å². The van der Waals surface area contributed by atoms with Crippen LogP contribution in [-0.4, -0.2) is 113 Å². The lowest BCUT2D eigenvalue weighted by atomic mass is 9.80. The zero-order valence-electron chi connectivity index (χ0n) is 16.0. The summed E-state index contributed by atoms with van der Waals surface area (Å²) in [5.41, 5.74) is -0.353. The van der Waals surface area contributed by atoms with Gasteiger partial charge in [0.2, 0.25) is 0 Å². The molecule has 0 spiro atoms. The van der Waals surface area contributed by atoms with Gasteiger partial charge < -0.3 is 51.1 Å². The van der Waals surface area contributed by atoms with Gasteiger partial charge in [-0.3, -0.25) is 0 Å². The Morgan fingerprint density at radius 3 is 1.41 bits per heavy atom. The lowest BCUT2D eigenvalue weighted by Gasteiger charge is -2.35. The van der Waals surface area contributed by atoms with Crippen molar-refractivity contribution < 1.29 is 51.1 Å². The van der Waals surface area contributed by atoms with Crippen LogP contribution in [-0.2, 0) is 0 Å². The molecule has 0 radical (unpaired) electrons. The van der Waals surface area contributed by atoms with Crippen molar-refractivity contribution in [1.82, 2.24) is 0 Å². The van der Waals surface area contributed by atoms with E-state index in [2.05, 4.69) is 0 Å². The highest BCUT2D eigenvalue weighted by atomic mass is 16.4. The van der Waals surface area contributed by atoms with Gasteiger partial charge in [0, 0.05) is 5.92 Å². The molecule has 0 aliphatic heterocycles. The van der Waals surface area contributed by atoms with E-state index in [9.17, 15) is 46.0 Å². The smallest absolute Gasteiger partial charge is 0.111 e. The Balaban J connectivity index is 5.17. The Morgan fingerprint density at radius 2 is 1.00 bits per heavy atom. The lowest BCUT2D eigenvalue weighted by molar-refractivity contribution is -0.152. The van der Waals surface area contributed by atoms with Gasteiger partial charge >= 0.3 is 0 Å². The summed E-state index contributed by atoms with van der Waals surface area (Å²) in [6.45, 7) is 3.81. The first-order chi connectivity index (χ1) is 12.3. The molecule has 0 bridgehead atoms. The number of aliphatic hydroxyl groups is 10. The van der Waals surface area contributed by atoms with Gasteiger partial charge in [-0.05, 0) is 18.3 Å². The average Bonchev–Trinajstić information content (AvgIpc) is 2.60. The third kappa shape index (κ3) is 8.65. The first kappa shape index (κ1) is 26.6. The summed E-state index contributed by atoms with van der Waals surface area (Å²) in [7, 11) is 0. The normalized spacial score (nSPS) is 23.0. The Bertz CT molecular complexity index is 402. The monoisotopic (exact) mass is 400 g/mol. The average molecular weight is 400 g/mol. The molecule has 0 aromatic carbocycles. The molecule has 0 amide bonds. The maximum absolute atomic E-state index is 10.3. The van der Waals surface area contributed by atoms with Crippen molar-refractivity contribution in [2.45, 2.75) is 82.4 Å². The minimum absolute atomic E-state index is 0.158. The second-order valence-corrected chi connectivity index (χ2v) is 8.26. The highest BCUT2D eigenvalue weighted by Gasteiger charge is 2.39. The molecule has 9 atom stereocenters. The fourth-order valence-corrected chi connectivity index (χ4v) is 2.88. The van der Waals surface area contributed by atoms with Crippen LogP contribution >= 0.6 is 0 Å². The van der Waals surface area contributed by atoms with Gasteiger partial charge in [-0.2, -0.15) is 0 Å². The third-order valence-electron chi connectivity index (χ3n) is 4.52. The van der Waals surface area contributed by atoms with Gasteiger partial charge in [-0.1, -0.05) is 20.8 Å². The molecule has 0 aliphatic carbocycles. The van der Waals surface area contributed by atoms with E-state index in [4.69, 9.17) is 5.11 Å². The summed E-state index contributed by atoms with van der Waals surface area (Å²) >= 11 is 0. The summed E-state index contributed by atoms with van der Waals surface area (Å²) in [4.78, 5) is 0. The number of hydrogen-bond acceptors (Lipinski definition) is 10. The van der Waals surface area contributed by atoms with Crippen molar-refractivity contribution >= 4 is 0 Å². The summed E-state index contributed by atoms with van der Waals surface area (Å²) < 4.78 is 0. The van der Waals surface area contributed by atoms with E-state index in [1.165, 1.54) is 0 Å². The first-order valence-corrected chi connectivity index (χ1v) is 8.93. The molecule has 0 aliphatic rings. The van der Waals surface area contributed by atoms with Gasteiger partial charge in [-0.25, -0.2) is 0 Å². The Hall–Kier alpha value is -0.400. The van der Waals surface area contributed by atoms with Crippen molar-refractivity contribution in [2.24, 2.45) is 11.3 Å². The summed E-state index contributed by atoms with van der Waals surface area (Å²) in [6, 6.07) is 0. The van der Waals surface area contributed by atoms with Crippen molar-refractivity contribution in [3.8, 4) is 0 Å². The molecule has 1 unspecified atom stereocenters. The molecular weight excluding hydrogens is 364 g/mol. The van der Waals surface area contributed by atoms with E-state index >= 15 is 0 Å². The van der Waals surface area contributed by atoms with Crippen molar-refractivity contribution in [3.05, 3.63) is 0 Å². The van der Waals surface area contributed by atoms with Crippen LogP contribution in [0.1, 0.15) is 33.6 Å². The van der Waals surface area contributed by atoms with Gasteiger partial charge in [0.25, 0.3) is 0 Å². The SMILES string of the molecule is CC(C)(C)C[C@H](O)[C@@H](O)C(C[C@@H](O)[C@H](O)[C@@H](O)[C@@H](O)[C@H](O)CO)[C@H](O)CO. The summed E-state index contributed by atoms with van der Waals surface area (Å²) in [6.07, 6.45) is -14.2. The second kappa shape index (κ2) is 11.6. The second-order valence-electron chi connectivity index (χ2n) is 8.26. The van der Waals surface area contributed by atoms with Gasteiger partial charge in [0.1, 0.15) is 24.4 Å². The summed E-state index contributed by atoms with van der Waals surface area (Å²) in [5, 5.41) is 97.2. The number of rotatable bonds is 12. The van der Waals surface area contributed by atoms with Crippen LogP contribution in [0.3, 0.4) is 0 Å². The standard InChI is InChI=1S/C17H36O10/c1-17(2,3)5-10(21)13(24)8(11(22)6-18)4-9(20)14(25)16(27)15(26)12(23)7-19/h8-16,18-27H,4-7H2,1-3H3/t8?,9-,10+,11-,12-,13+,14+,15+,16-/m1/s1. The molecule has 10 heteroatoms. The maximum Gasteiger partial charge on any atom is 0.111 e. The van der Waals surface area contributed by atoms with Gasteiger partial charge in [0.05, 0.1) is 37.6 Å². The Morgan fingerprint density at radius 1 is 0.556 bits per heavy atom. The highest BCUT2D eigenvalue weighted by Crippen LogP contribution is 2.28. The molecule has 0 rings (SSSR count). The lowest BCUT2D eigenvalue weighted by Crippen LogP contribution is -2.52. The molecule has 0 fully saturated rings. The molecule has 0 aromatic heterocycles. The van der Waals surface area contributed by atoms with E-state index < -0.39 is 74.4 Å². The van der Waals surface area contributed by atoms with E-state index in [-0.39, 0.29) is 11.8 Å². The van der Waals surface area contributed by atoms with Crippen LogP contribution in [0.15, 0.2) is 0 Å². The van der Waals surface area contributed by atoms with Crippen LogP contribution in [0, 0.1) is 11.3 Å². The van der Waals surface area contributed by atoms with E-state index in [1.54, 1.807) is 0 Å². The maximum atomic E-state index is 10.3. The summed E-state index contributed by atoms with van der Waals surface area (Å²) in [5.74, 6) is -1.25. The topological polar surface area (TPSA) is 202 Å². The van der Waals surface area contributed by atoms with Crippen LogP contribution in [0.25, 0.3) is 0 Å². The van der Waals surface area contributed by atoms with Crippen molar-refractivity contribution in [1.29, 1.82) is 0 Å². The molecule has 27 heavy (non-hydrogen) atoms. The van der Waals surface area contributed by atoms with E-state index in [1.807, 2.05) is 20.8 Å². The largest absolute Gasteiger partial charge is 0.394 e. The van der Waals surface area contributed by atoms with E-state index in [0.717, 1.165) is 0 Å². The fourth-order valence-electron chi connectivity index (χ4n) is 2.88. The Kier molecular flexibility index (Phi) is 11.4. The van der Waals surface area contributed by atoms with Gasteiger partial charge in [-0.15, -0.1) is 0 Å². The van der Waals surface area contributed by atoms with Crippen LogP contribution in [0.2, 0.25) is 0 Å². The zero-order chi connectivity index (χ0) is 21.5. The zero-order valence-corrected chi connectivity index (χ0v) is 16.0. The van der Waals surface area contributed by atoms with Crippen molar-refractivity contribution in [3.63, 3.8) is 0 Å². The molecular formula is C17H36O10. The highest BCUT2D eigenvalue weighted by molar-refractivity contribution is 4.90. The quantitative estimate of drug-likeness (QED) is 0.155. The van der Waals surface area contributed by atoms with Crippen LogP contribution < -0.4 is 0 Å². The minimum atomic E-state index is -2.02. The molecule has 10 nitrogen and oxygen atoms in total. The molecule has 0 heterocycles. The molecule has 0 saturated heterocycles. The predicted octanol–water partition coefficient (Wildman–Crippen LogP) is -3.70. The predicted molar refractivity (Wildman–Crippen MR) is 94.4 cm³/mol. The molecule has 0 aromatic rings. The number of hydrogen-bond donors (Lipinski definition) is 10. The third-order valence-corrected chi connectivity index (χ3v) is 4.52. The van der Waals surface area contributed by atoms with Crippen molar-refractivity contribution in [2.75, 3.05) is 13.2 Å². The number of aliphatic hydroxyl groups excluding tert-OH is 10. The Labute approximate surface area is 159 Å². The first-order valence-electron chi connectivity index (χ1n) is 8.93. The minimum Gasteiger partial charge on any atom is -0.394 e. The molecule has 0 saturated carbocycles. The molecule has 10 N–H and O–H groups in total. The molecule has 164 valence electrons. The van der Waals surface area contributed by atoms with E-state index in [0.29, 0.717) is 0 Å². The van der Waals surface area contributed by atoms with Crippen LogP contribution in [0.5, 0.6) is 0 Å². The van der Waals surface area contributed by atoms with Gasteiger partial charge in [0.15, 0.2) is 0 Å². The fraction of sp³-hybridized carbons (Fsp3) is 1.00.